The maximum absolute atomic E-state index is 11.9. The van der Waals surface area contributed by atoms with E-state index in [1.165, 1.54) is 0 Å². The summed E-state index contributed by atoms with van der Waals surface area (Å²) in [6.07, 6.45) is 7.40. The normalized spacial score (nSPS) is 16.5. The summed E-state index contributed by atoms with van der Waals surface area (Å²) in [5.41, 5.74) is 5.92. The largest absolute Gasteiger partial charge is 0.493 e. The van der Waals surface area contributed by atoms with Gasteiger partial charge in [-0.05, 0) is 56.4 Å². The van der Waals surface area contributed by atoms with E-state index in [1.54, 1.807) is 6.07 Å². The number of amides is 2. The van der Waals surface area contributed by atoms with Crippen molar-refractivity contribution in [2.24, 2.45) is 5.92 Å². The van der Waals surface area contributed by atoms with Gasteiger partial charge in [-0.3, -0.25) is 20.4 Å². The molecule has 0 aromatic heterocycles. The number of allylic oxidation sites excluding steroid dienone is 2. The second-order valence-electron chi connectivity index (χ2n) is 5.88. The fraction of sp³-hybridized carbons (Fsp3) is 0.444. The molecule has 0 heterocycles. The molecule has 0 spiro atoms. The van der Waals surface area contributed by atoms with Gasteiger partial charge in [0.15, 0.2) is 0 Å². The van der Waals surface area contributed by atoms with Crippen LogP contribution in [-0.4, -0.2) is 18.4 Å². The Morgan fingerprint density at radius 3 is 2.83 bits per heavy atom. The van der Waals surface area contributed by atoms with Crippen LogP contribution >= 0.6 is 11.6 Å². The van der Waals surface area contributed by atoms with E-state index in [0.29, 0.717) is 18.1 Å². The van der Waals surface area contributed by atoms with Crippen molar-refractivity contribution in [1.82, 2.24) is 10.9 Å². The summed E-state index contributed by atoms with van der Waals surface area (Å²) in [7, 11) is 0. The molecule has 0 bridgehead atoms. The van der Waals surface area contributed by atoms with Gasteiger partial charge in [-0.15, -0.1) is 0 Å². The van der Waals surface area contributed by atoms with Crippen LogP contribution in [0.25, 0.3) is 0 Å². The predicted octanol–water partition coefficient (Wildman–Crippen LogP) is 3.31. The summed E-state index contributed by atoms with van der Waals surface area (Å²) in [6, 6.07) is 5.42. The molecule has 1 aliphatic carbocycles. The molecule has 0 aliphatic heterocycles. The van der Waals surface area contributed by atoms with Crippen molar-refractivity contribution in [1.29, 1.82) is 0 Å². The first kappa shape index (κ1) is 18.3. The van der Waals surface area contributed by atoms with Crippen molar-refractivity contribution in [2.75, 3.05) is 6.61 Å². The second kappa shape index (κ2) is 9.33. The molecule has 2 rings (SSSR count). The lowest BCUT2D eigenvalue weighted by Gasteiger charge is -2.17. The molecule has 0 saturated carbocycles. The lowest BCUT2D eigenvalue weighted by Crippen LogP contribution is -2.44. The average Bonchev–Trinajstić information content (AvgIpc) is 2.59. The van der Waals surface area contributed by atoms with Crippen molar-refractivity contribution in [3.8, 4) is 5.75 Å². The summed E-state index contributed by atoms with van der Waals surface area (Å²) < 4.78 is 5.63. The maximum Gasteiger partial charge on any atom is 0.241 e. The number of ether oxygens (including phenoxy) is 1. The number of rotatable bonds is 6. The molecule has 1 unspecified atom stereocenters. The minimum absolute atomic E-state index is 0.0495. The monoisotopic (exact) mass is 350 g/mol. The fourth-order valence-corrected chi connectivity index (χ4v) is 2.74. The van der Waals surface area contributed by atoms with Gasteiger partial charge in [-0.25, -0.2) is 0 Å². The van der Waals surface area contributed by atoms with Crippen molar-refractivity contribution >= 4 is 23.4 Å². The van der Waals surface area contributed by atoms with E-state index in [2.05, 4.69) is 16.9 Å². The van der Waals surface area contributed by atoms with Crippen molar-refractivity contribution in [3.63, 3.8) is 0 Å². The third-order valence-corrected chi connectivity index (χ3v) is 4.14. The van der Waals surface area contributed by atoms with E-state index in [0.717, 1.165) is 30.6 Å². The molecule has 6 heteroatoms. The van der Waals surface area contributed by atoms with Crippen LogP contribution in [0.1, 0.15) is 37.7 Å². The third-order valence-electron chi connectivity index (χ3n) is 3.91. The number of carbonyl (C=O) groups is 2. The number of nitrogens with one attached hydrogen (secondary N) is 2. The quantitative estimate of drug-likeness (QED) is 0.470. The van der Waals surface area contributed by atoms with Gasteiger partial charge >= 0.3 is 0 Å². The summed E-state index contributed by atoms with van der Waals surface area (Å²) in [4.78, 5) is 23.6. The number of hydrogen-bond donors (Lipinski definition) is 2. The average molecular weight is 351 g/mol. The standard InChI is InChI=1S/C18H23ClN2O3/c1-13-12-15(19)9-10-16(13)24-11-5-8-17(22)20-21-18(23)14-6-3-2-4-7-14/h2-3,9-10,12,14H,4-8,11H2,1H3,(H,20,22)(H,21,23). The highest BCUT2D eigenvalue weighted by Gasteiger charge is 2.18. The summed E-state index contributed by atoms with van der Waals surface area (Å²) >= 11 is 5.89. The number of hydrogen-bond acceptors (Lipinski definition) is 3. The molecule has 2 amide bonds. The fourth-order valence-electron chi connectivity index (χ4n) is 2.52. The van der Waals surface area contributed by atoms with Gasteiger partial charge in [0.2, 0.25) is 11.8 Å². The molecule has 24 heavy (non-hydrogen) atoms. The van der Waals surface area contributed by atoms with Crippen molar-refractivity contribution in [3.05, 3.63) is 40.9 Å². The molecule has 1 aliphatic rings. The molecule has 5 nitrogen and oxygen atoms in total. The molecule has 1 atom stereocenters. The van der Waals surface area contributed by atoms with Gasteiger partial charge in [0.1, 0.15) is 5.75 Å². The number of hydrazine groups is 1. The topological polar surface area (TPSA) is 67.4 Å². The van der Waals surface area contributed by atoms with Gasteiger partial charge in [0, 0.05) is 17.4 Å². The molecule has 0 radical (unpaired) electrons. The number of benzene rings is 1. The Hall–Kier alpha value is -2.01. The Morgan fingerprint density at radius 2 is 2.12 bits per heavy atom. The molecule has 0 fully saturated rings. The van der Waals surface area contributed by atoms with Crippen LogP contribution in [0.2, 0.25) is 5.02 Å². The highest BCUT2D eigenvalue weighted by atomic mass is 35.5. The second-order valence-corrected chi connectivity index (χ2v) is 6.32. The highest BCUT2D eigenvalue weighted by molar-refractivity contribution is 6.30. The van der Waals surface area contributed by atoms with Gasteiger partial charge in [0.25, 0.3) is 0 Å². The van der Waals surface area contributed by atoms with Crippen molar-refractivity contribution in [2.45, 2.75) is 39.0 Å². The maximum atomic E-state index is 11.9. The smallest absolute Gasteiger partial charge is 0.241 e. The van der Waals surface area contributed by atoms with Crippen LogP contribution in [-0.2, 0) is 9.59 Å². The minimum atomic E-state index is -0.217. The third kappa shape index (κ3) is 5.89. The van der Waals surface area contributed by atoms with Crippen LogP contribution < -0.4 is 15.6 Å². The molecule has 0 saturated heterocycles. The zero-order valence-electron chi connectivity index (χ0n) is 13.8. The molecule has 130 valence electrons. The van der Waals surface area contributed by atoms with E-state index in [4.69, 9.17) is 16.3 Å². The van der Waals surface area contributed by atoms with Crippen LogP contribution in [0.5, 0.6) is 5.75 Å². The molecular weight excluding hydrogens is 328 g/mol. The van der Waals surface area contributed by atoms with E-state index >= 15 is 0 Å². The van der Waals surface area contributed by atoms with Crippen LogP contribution in [0, 0.1) is 12.8 Å². The van der Waals surface area contributed by atoms with Gasteiger partial charge < -0.3 is 4.74 Å². The Kier molecular flexibility index (Phi) is 7.12. The van der Waals surface area contributed by atoms with Crippen LogP contribution in [0.15, 0.2) is 30.4 Å². The van der Waals surface area contributed by atoms with Gasteiger partial charge in [-0.1, -0.05) is 23.8 Å². The molecular formula is C18H23ClN2O3. The lowest BCUT2D eigenvalue weighted by molar-refractivity contribution is -0.131. The number of carbonyl (C=O) groups excluding carboxylic acids is 2. The van der Waals surface area contributed by atoms with Gasteiger partial charge in [-0.2, -0.15) is 0 Å². The molecule has 2 N–H and O–H groups in total. The van der Waals surface area contributed by atoms with E-state index in [1.807, 2.05) is 25.1 Å². The van der Waals surface area contributed by atoms with E-state index in [9.17, 15) is 9.59 Å². The summed E-state index contributed by atoms with van der Waals surface area (Å²) in [5, 5.41) is 0.670. The van der Waals surface area contributed by atoms with Crippen LogP contribution in [0.4, 0.5) is 0 Å². The first-order valence-electron chi connectivity index (χ1n) is 8.19. The number of halogens is 1. The SMILES string of the molecule is Cc1cc(Cl)ccc1OCCCC(=O)NNC(=O)C1CC=CCC1. The van der Waals surface area contributed by atoms with E-state index in [-0.39, 0.29) is 24.2 Å². The predicted molar refractivity (Wildman–Crippen MR) is 93.7 cm³/mol. The first-order chi connectivity index (χ1) is 11.6. The Labute approximate surface area is 147 Å². The first-order valence-corrected chi connectivity index (χ1v) is 8.56. The zero-order valence-corrected chi connectivity index (χ0v) is 14.6. The van der Waals surface area contributed by atoms with Crippen LogP contribution in [0.3, 0.4) is 0 Å². The molecule has 1 aromatic carbocycles. The van der Waals surface area contributed by atoms with Gasteiger partial charge in [0.05, 0.1) is 6.61 Å². The Balaban J connectivity index is 1.61. The Bertz CT molecular complexity index is 616. The molecule has 1 aromatic rings. The summed E-state index contributed by atoms with van der Waals surface area (Å²) in [6.45, 7) is 2.35. The minimum Gasteiger partial charge on any atom is -0.493 e. The zero-order chi connectivity index (χ0) is 17.4. The summed E-state index contributed by atoms with van der Waals surface area (Å²) in [5.74, 6) is 0.372. The Morgan fingerprint density at radius 1 is 1.29 bits per heavy atom. The van der Waals surface area contributed by atoms with Crippen molar-refractivity contribution < 1.29 is 14.3 Å². The lowest BCUT2D eigenvalue weighted by atomic mass is 9.94. The highest BCUT2D eigenvalue weighted by Crippen LogP contribution is 2.22. The number of aryl methyl sites for hydroxylation is 1. The van der Waals surface area contributed by atoms with E-state index < -0.39 is 0 Å².